The first-order valence-corrected chi connectivity index (χ1v) is 12.0. The van der Waals surface area contributed by atoms with E-state index >= 15 is 0 Å². The molecule has 2 heterocycles. The zero-order valence-corrected chi connectivity index (χ0v) is 19.0. The number of piperidine rings is 1. The van der Waals surface area contributed by atoms with Gasteiger partial charge in [-0.15, -0.1) is 0 Å². The highest BCUT2D eigenvalue weighted by molar-refractivity contribution is 7.89. The van der Waals surface area contributed by atoms with Crippen LogP contribution in [0.15, 0.2) is 64.0 Å². The highest BCUT2D eigenvalue weighted by Crippen LogP contribution is 2.25. The fraction of sp³-hybridized carbons (Fsp3) is 0.348. The minimum absolute atomic E-state index is 0.0446. The van der Waals surface area contributed by atoms with Gasteiger partial charge in [0.05, 0.1) is 11.4 Å². The second-order valence-electron chi connectivity index (χ2n) is 8.06. The zero-order valence-electron chi connectivity index (χ0n) is 18.1. The Morgan fingerprint density at radius 3 is 2.41 bits per heavy atom. The molecule has 1 aliphatic rings. The number of nitrogens with zero attached hydrogens (tertiary/aromatic N) is 4. The maximum absolute atomic E-state index is 12.9. The molecule has 4 rings (SSSR count). The fourth-order valence-corrected chi connectivity index (χ4v) is 5.29. The van der Waals surface area contributed by atoms with Crippen LogP contribution >= 0.6 is 0 Å². The van der Waals surface area contributed by atoms with Gasteiger partial charge in [0.15, 0.2) is 0 Å². The van der Waals surface area contributed by atoms with Gasteiger partial charge < -0.3 is 9.42 Å². The maximum Gasteiger partial charge on any atom is 0.246 e. The van der Waals surface area contributed by atoms with Crippen molar-refractivity contribution in [1.29, 1.82) is 0 Å². The molecule has 1 fully saturated rings. The average Bonchev–Trinajstić information content (AvgIpc) is 3.28. The summed E-state index contributed by atoms with van der Waals surface area (Å²) >= 11 is 0. The molecule has 2 aromatic carbocycles. The molecule has 0 atom stereocenters. The quantitative estimate of drug-likeness (QED) is 0.568. The van der Waals surface area contributed by atoms with Crippen molar-refractivity contribution in [2.75, 3.05) is 20.1 Å². The SMILES string of the molecule is Cc1ccc(S(=O)(=O)N2CCC(C(=O)N(C)Cc3nc(-c4ccccc4)no3)CC2)cc1. The van der Waals surface area contributed by atoms with Crippen LogP contribution in [0, 0.1) is 12.8 Å². The Hall–Kier alpha value is -3.04. The predicted octanol–water partition coefficient (Wildman–Crippen LogP) is 3.10. The van der Waals surface area contributed by atoms with Gasteiger partial charge in [0.25, 0.3) is 0 Å². The standard InChI is InChI=1S/C23H26N4O4S/c1-17-8-10-20(11-9-17)32(29,30)27-14-12-19(13-15-27)23(28)26(2)16-21-24-22(25-31-21)18-6-4-3-5-7-18/h3-11,19H,12-16H2,1-2H3. The molecule has 0 aliphatic carbocycles. The number of hydrogen-bond donors (Lipinski definition) is 0. The summed E-state index contributed by atoms with van der Waals surface area (Å²) in [5.41, 5.74) is 1.85. The van der Waals surface area contributed by atoms with Crippen LogP contribution in [0.4, 0.5) is 0 Å². The van der Waals surface area contributed by atoms with E-state index in [4.69, 9.17) is 4.52 Å². The van der Waals surface area contributed by atoms with Crippen LogP contribution in [0.1, 0.15) is 24.3 Å². The molecule has 1 amide bonds. The highest BCUT2D eigenvalue weighted by Gasteiger charge is 2.33. The summed E-state index contributed by atoms with van der Waals surface area (Å²) < 4.78 is 32.5. The van der Waals surface area contributed by atoms with Gasteiger partial charge in [-0.05, 0) is 31.9 Å². The molecular formula is C23H26N4O4S. The number of carbonyl (C=O) groups is 1. The lowest BCUT2D eigenvalue weighted by atomic mass is 9.97. The van der Waals surface area contributed by atoms with Gasteiger partial charge in [0.2, 0.25) is 27.6 Å². The third-order valence-electron chi connectivity index (χ3n) is 5.71. The number of rotatable bonds is 6. The number of hydrogen-bond acceptors (Lipinski definition) is 6. The second kappa shape index (κ2) is 9.22. The van der Waals surface area contributed by atoms with Crippen LogP contribution in [-0.2, 0) is 21.4 Å². The van der Waals surface area contributed by atoms with E-state index in [-0.39, 0.29) is 23.3 Å². The minimum atomic E-state index is -3.55. The van der Waals surface area contributed by atoms with Crippen LogP contribution in [0.2, 0.25) is 0 Å². The van der Waals surface area contributed by atoms with Crippen molar-refractivity contribution >= 4 is 15.9 Å². The lowest BCUT2D eigenvalue weighted by Crippen LogP contribution is -2.43. The van der Waals surface area contributed by atoms with Gasteiger partial charge in [0, 0.05) is 31.6 Å². The van der Waals surface area contributed by atoms with Crippen molar-refractivity contribution in [1.82, 2.24) is 19.3 Å². The van der Waals surface area contributed by atoms with Crippen molar-refractivity contribution < 1.29 is 17.7 Å². The van der Waals surface area contributed by atoms with Crippen LogP contribution in [0.25, 0.3) is 11.4 Å². The summed E-state index contributed by atoms with van der Waals surface area (Å²) in [6.45, 7) is 2.76. The van der Waals surface area contributed by atoms with Crippen LogP contribution in [0.3, 0.4) is 0 Å². The van der Waals surface area contributed by atoms with Gasteiger partial charge in [-0.3, -0.25) is 4.79 Å². The van der Waals surface area contributed by atoms with Crippen LogP contribution < -0.4 is 0 Å². The second-order valence-corrected chi connectivity index (χ2v) is 10.0. The van der Waals surface area contributed by atoms with E-state index in [9.17, 15) is 13.2 Å². The maximum atomic E-state index is 12.9. The summed E-state index contributed by atoms with van der Waals surface area (Å²) in [5, 5.41) is 3.99. The van der Waals surface area contributed by atoms with E-state index in [1.54, 1.807) is 36.2 Å². The molecule has 32 heavy (non-hydrogen) atoms. The first-order valence-electron chi connectivity index (χ1n) is 10.5. The summed E-state index contributed by atoms with van der Waals surface area (Å²) in [4.78, 5) is 19.1. The topological polar surface area (TPSA) is 96.6 Å². The molecule has 1 aliphatic heterocycles. The normalized spacial score (nSPS) is 15.6. The van der Waals surface area contributed by atoms with Gasteiger partial charge in [-0.1, -0.05) is 53.2 Å². The molecule has 0 saturated carbocycles. The van der Waals surface area contributed by atoms with E-state index in [2.05, 4.69) is 10.1 Å². The molecule has 0 radical (unpaired) electrons. The molecule has 9 heteroatoms. The molecule has 0 unspecified atom stereocenters. The lowest BCUT2D eigenvalue weighted by molar-refractivity contribution is -0.136. The smallest absolute Gasteiger partial charge is 0.246 e. The molecular weight excluding hydrogens is 428 g/mol. The Kier molecular flexibility index (Phi) is 6.38. The predicted molar refractivity (Wildman–Crippen MR) is 119 cm³/mol. The molecule has 3 aromatic rings. The zero-order chi connectivity index (χ0) is 22.7. The third-order valence-corrected chi connectivity index (χ3v) is 7.62. The van der Waals surface area contributed by atoms with Gasteiger partial charge >= 0.3 is 0 Å². The first kappa shape index (κ1) is 22.2. The molecule has 0 spiro atoms. The first-order chi connectivity index (χ1) is 15.3. The van der Waals surface area contributed by atoms with Crippen molar-refractivity contribution in [3.8, 4) is 11.4 Å². The fourth-order valence-electron chi connectivity index (χ4n) is 3.82. The van der Waals surface area contributed by atoms with E-state index in [0.29, 0.717) is 37.6 Å². The van der Waals surface area contributed by atoms with E-state index in [0.717, 1.165) is 11.1 Å². The highest BCUT2D eigenvalue weighted by atomic mass is 32.2. The number of carbonyl (C=O) groups excluding carboxylic acids is 1. The van der Waals surface area contributed by atoms with Gasteiger partial charge in [-0.2, -0.15) is 9.29 Å². The van der Waals surface area contributed by atoms with Gasteiger partial charge in [-0.25, -0.2) is 8.42 Å². The van der Waals surface area contributed by atoms with Crippen molar-refractivity contribution in [3.63, 3.8) is 0 Å². The Bertz CT molecular complexity index is 1170. The number of sulfonamides is 1. The average molecular weight is 455 g/mol. The number of amides is 1. The Balaban J connectivity index is 1.34. The van der Waals surface area contributed by atoms with Gasteiger partial charge in [0.1, 0.15) is 0 Å². The van der Waals surface area contributed by atoms with Crippen LogP contribution in [0.5, 0.6) is 0 Å². The Morgan fingerprint density at radius 1 is 1.09 bits per heavy atom. The largest absolute Gasteiger partial charge is 0.337 e. The summed E-state index contributed by atoms with van der Waals surface area (Å²) in [5.74, 6) is 0.563. The molecule has 0 N–H and O–H groups in total. The van der Waals surface area contributed by atoms with E-state index in [1.165, 1.54) is 4.31 Å². The lowest BCUT2D eigenvalue weighted by Gasteiger charge is -2.32. The molecule has 0 bridgehead atoms. The Labute approximate surface area is 187 Å². The molecule has 1 aromatic heterocycles. The molecule has 8 nitrogen and oxygen atoms in total. The Morgan fingerprint density at radius 2 is 1.75 bits per heavy atom. The van der Waals surface area contributed by atoms with Crippen molar-refractivity contribution in [2.24, 2.45) is 5.92 Å². The van der Waals surface area contributed by atoms with E-state index in [1.807, 2.05) is 37.3 Å². The monoisotopic (exact) mass is 454 g/mol. The summed E-state index contributed by atoms with van der Waals surface area (Å²) in [7, 11) is -1.85. The number of aromatic nitrogens is 2. The number of aryl methyl sites for hydroxylation is 1. The van der Waals surface area contributed by atoms with Crippen molar-refractivity contribution in [2.45, 2.75) is 31.2 Å². The van der Waals surface area contributed by atoms with Crippen LogP contribution in [-0.4, -0.2) is 53.8 Å². The molecule has 1 saturated heterocycles. The molecule has 168 valence electrons. The van der Waals surface area contributed by atoms with E-state index < -0.39 is 10.0 Å². The minimum Gasteiger partial charge on any atom is -0.337 e. The summed E-state index contributed by atoms with van der Waals surface area (Å²) in [6, 6.07) is 16.3. The summed E-state index contributed by atoms with van der Waals surface area (Å²) in [6.07, 6.45) is 0.959. The number of benzene rings is 2. The van der Waals surface area contributed by atoms with Crippen molar-refractivity contribution in [3.05, 3.63) is 66.1 Å². The third kappa shape index (κ3) is 4.73.